The quantitative estimate of drug-likeness (QED) is 0.194. The lowest BCUT2D eigenvalue weighted by Gasteiger charge is -2.33. The number of benzene rings is 4. The van der Waals surface area contributed by atoms with Gasteiger partial charge in [0.25, 0.3) is 0 Å². The van der Waals surface area contributed by atoms with Gasteiger partial charge in [-0.2, -0.15) is 0 Å². The van der Waals surface area contributed by atoms with Gasteiger partial charge < -0.3 is 9.64 Å². The van der Waals surface area contributed by atoms with Crippen LogP contribution < -0.4 is 4.74 Å². The summed E-state index contributed by atoms with van der Waals surface area (Å²) < 4.78 is 5.97. The minimum Gasteiger partial charge on any atom is -0.489 e. The summed E-state index contributed by atoms with van der Waals surface area (Å²) in [5, 5.41) is 0. The van der Waals surface area contributed by atoms with Crippen LogP contribution in [-0.4, -0.2) is 10.8 Å². The lowest BCUT2D eigenvalue weighted by atomic mass is 9.95. The number of nitrogens with zero attached hydrogens (tertiary/aromatic N) is 1. The normalized spacial score (nSPS) is 10.8. The third-order valence-corrected chi connectivity index (χ3v) is 6.38. The molecule has 0 fully saturated rings. The average Bonchev–Trinajstić information content (AvgIpc) is 2.94. The van der Waals surface area contributed by atoms with E-state index in [0.29, 0.717) is 19.6 Å². The van der Waals surface area contributed by atoms with Crippen LogP contribution in [0.25, 0.3) is 0 Å². The zero-order chi connectivity index (χ0) is 25.0. The van der Waals surface area contributed by atoms with Gasteiger partial charge in [0.05, 0.1) is 6.04 Å². The van der Waals surface area contributed by atoms with Crippen LogP contribution in [0.15, 0.2) is 115 Å². The zero-order valence-electron chi connectivity index (χ0n) is 21.1. The first-order valence-corrected chi connectivity index (χ1v) is 12.9. The number of amides is 1. The van der Waals surface area contributed by atoms with E-state index in [-0.39, 0.29) is 11.9 Å². The van der Waals surface area contributed by atoms with Crippen molar-refractivity contribution in [1.29, 1.82) is 0 Å². The molecule has 0 heterocycles. The van der Waals surface area contributed by atoms with E-state index in [2.05, 4.69) is 55.5 Å². The Morgan fingerprint density at radius 1 is 0.694 bits per heavy atom. The minimum atomic E-state index is -0.143. The molecule has 0 aliphatic heterocycles. The van der Waals surface area contributed by atoms with E-state index in [1.165, 1.54) is 0 Å². The maximum Gasteiger partial charge on any atom is 0.223 e. The largest absolute Gasteiger partial charge is 0.489 e. The number of unbranched alkanes of at least 4 members (excludes halogenated alkanes) is 2. The molecule has 0 saturated heterocycles. The Morgan fingerprint density at radius 2 is 1.25 bits per heavy atom. The first-order valence-electron chi connectivity index (χ1n) is 12.9. The molecule has 0 radical (unpaired) electrons. The molecule has 0 aromatic heterocycles. The Bertz CT molecular complexity index is 1140. The van der Waals surface area contributed by atoms with Crippen LogP contribution in [0.4, 0.5) is 0 Å². The van der Waals surface area contributed by atoms with Crippen molar-refractivity contribution in [2.24, 2.45) is 0 Å². The predicted molar refractivity (Wildman–Crippen MR) is 147 cm³/mol. The summed E-state index contributed by atoms with van der Waals surface area (Å²) in [5.74, 6) is 1.01. The molecular weight excluding hydrogens is 442 g/mol. The first kappa shape index (κ1) is 25.2. The van der Waals surface area contributed by atoms with Crippen LogP contribution in [-0.2, 0) is 17.9 Å². The minimum absolute atomic E-state index is 0.143. The van der Waals surface area contributed by atoms with E-state index in [1.54, 1.807) is 0 Å². The smallest absolute Gasteiger partial charge is 0.223 e. The molecule has 36 heavy (non-hydrogen) atoms. The van der Waals surface area contributed by atoms with E-state index in [1.807, 2.05) is 71.6 Å². The lowest BCUT2D eigenvalue weighted by Crippen LogP contribution is -2.35. The predicted octanol–water partition coefficient (Wildman–Crippen LogP) is 7.96. The highest BCUT2D eigenvalue weighted by molar-refractivity contribution is 5.77. The van der Waals surface area contributed by atoms with Crippen molar-refractivity contribution >= 4 is 5.91 Å². The summed E-state index contributed by atoms with van der Waals surface area (Å²) in [6, 6.07) is 38.8. The number of hydrogen-bond donors (Lipinski definition) is 0. The number of rotatable bonds is 12. The Labute approximate surface area is 215 Å². The molecular formula is C33H35NO2. The van der Waals surface area contributed by atoms with Gasteiger partial charge in [0.1, 0.15) is 12.4 Å². The second kappa shape index (κ2) is 13.3. The van der Waals surface area contributed by atoms with Crippen molar-refractivity contribution in [1.82, 2.24) is 4.90 Å². The topological polar surface area (TPSA) is 29.5 Å². The van der Waals surface area contributed by atoms with Crippen LogP contribution in [0.2, 0.25) is 0 Å². The molecule has 4 aromatic rings. The Morgan fingerprint density at radius 3 is 1.81 bits per heavy atom. The second-order valence-corrected chi connectivity index (χ2v) is 9.12. The van der Waals surface area contributed by atoms with Gasteiger partial charge in [-0.1, -0.05) is 123 Å². The fourth-order valence-corrected chi connectivity index (χ4v) is 4.44. The van der Waals surface area contributed by atoms with Crippen LogP contribution in [0.3, 0.4) is 0 Å². The van der Waals surface area contributed by atoms with Crippen LogP contribution in [0.5, 0.6) is 5.75 Å². The second-order valence-electron chi connectivity index (χ2n) is 9.12. The molecule has 3 nitrogen and oxygen atoms in total. The van der Waals surface area contributed by atoms with E-state index >= 15 is 0 Å². The standard InChI is InChI=1S/C33H35NO2/c1-2-3-7-20-32(35)34(33(29-16-10-5-11-17-29)30-18-12-6-13-19-30)25-27-21-23-31(24-22-27)36-26-28-14-8-4-9-15-28/h4-6,8-19,21-24,33H,2-3,7,20,25-26H2,1H3. The van der Waals surface area contributed by atoms with Crippen molar-refractivity contribution in [3.05, 3.63) is 138 Å². The van der Waals surface area contributed by atoms with Gasteiger partial charge in [0.2, 0.25) is 5.91 Å². The number of hydrogen-bond acceptors (Lipinski definition) is 2. The van der Waals surface area contributed by atoms with Gasteiger partial charge >= 0.3 is 0 Å². The molecule has 0 spiro atoms. The fraction of sp³-hybridized carbons (Fsp3) is 0.242. The summed E-state index contributed by atoms with van der Waals surface area (Å²) in [5.41, 5.74) is 4.47. The highest BCUT2D eigenvalue weighted by atomic mass is 16.5. The van der Waals surface area contributed by atoms with Gasteiger partial charge in [-0.15, -0.1) is 0 Å². The van der Waals surface area contributed by atoms with E-state index in [0.717, 1.165) is 47.3 Å². The monoisotopic (exact) mass is 477 g/mol. The van der Waals surface area contributed by atoms with Gasteiger partial charge in [-0.3, -0.25) is 4.79 Å². The third-order valence-electron chi connectivity index (χ3n) is 6.38. The average molecular weight is 478 g/mol. The maximum absolute atomic E-state index is 13.6. The molecule has 0 saturated carbocycles. The van der Waals surface area contributed by atoms with Crippen molar-refractivity contribution in [3.8, 4) is 5.75 Å². The first-order chi connectivity index (χ1) is 17.7. The highest BCUT2D eigenvalue weighted by Gasteiger charge is 2.26. The van der Waals surface area contributed by atoms with Crippen molar-refractivity contribution in [2.75, 3.05) is 0 Å². The SMILES string of the molecule is CCCCCC(=O)N(Cc1ccc(OCc2ccccc2)cc1)C(c1ccccc1)c1ccccc1. The summed E-state index contributed by atoms with van der Waals surface area (Å²) in [4.78, 5) is 15.7. The van der Waals surface area contributed by atoms with Crippen LogP contribution >= 0.6 is 0 Å². The summed E-state index contributed by atoms with van der Waals surface area (Å²) in [6.45, 7) is 3.24. The maximum atomic E-state index is 13.6. The highest BCUT2D eigenvalue weighted by Crippen LogP contribution is 2.31. The van der Waals surface area contributed by atoms with Gasteiger partial charge in [0.15, 0.2) is 0 Å². The van der Waals surface area contributed by atoms with Crippen LogP contribution in [0, 0.1) is 0 Å². The molecule has 0 N–H and O–H groups in total. The molecule has 4 rings (SSSR count). The summed E-state index contributed by atoms with van der Waals surface area (Å²) >= 11 is 0. The Kier molecular flexibility index (Phi) is 9.32. The van der Waals surface area contributed by atoms with Crippen LogP contribution in [0.1, 0.15) is 60.9 Å². The molecule has 1 amide bonds. The molecule has 0 unspecified atom stereocenters. The molecule has 3 heteroatoms. The van der Waals surface area contributed by atoms with Crippen molar-refractivity contribution < 1.29 is 9.53 Å². The Hall–Kier alpha value is -3.85. The molecule has 0 aliphatic carbocycles. The van der Waals surface area contributed by atoms with Gasteiger partial charge in [-0.05, 0) is 40.8 Å². The summed E-state index contributed by atoms with van der Waals surface area (Å²) in [6.07, 6.45) is 3.63. The molecule has 184 valence electrons. The van der Waals surface area contributed by atoms with Crippen molar-refractivity contribution in [3.63, 3.8) is 0 Å². The number of carbonyl (C=O) groups excluding carboxylic acids is 1. The summed E-state index contributed by atoms with van der Waals surface area (Å²) in [7, 11) is 0. The fourth-order valence-electron chi connectivity index (χ4n) is 4.44. The number of ether oxygens (including phenoxy) is 1. The molecule has 0 bridgehead atoms. The van der Waals surface area contributed by atoms with E-state index in [4.69, 9.17) is 4.74 Å². The zero-order valence-corrected chi connectivity index (χ0v) is 21.1. The van der Waals surface area contributed by atoms with E-state index in [9.17, 15) is 4.79 Å². The Balaban J connectivity index is 1.57. The third kappa shape index (κ3) is 7.08. The molecule has 0 atom stereocenters. The van der Waals surface area contributed by atoms with E-state index < -0.39 is 0 Å². The molecule has 4 aromatic carbocycles. The van der Waals surface area contributed by atoms with Gasteiger partial charge in [0, 0.05) is 13.0 Å². The molecule has 0 aliphatic rings. The van der Waals surface area contributed by atoms with Gasteiger partial charge in [-0.25, -0.2) is 0 Å². The van der Waals surface area contributed by atoms with Crippen molar-refractivity contribution in [2.45, 2.75) is 51.8 Å². The lowest BCUT2D eigenvalue weighted by molar-refractivity contribution is -0.133. The number of carbonyl (C=O) groups is 1.